The van der Waals surface area contributed by atoms with E-state index in [0.29, 0.717) is 6.61 Å². The van der Waals surface area contributed by atoms with Gasteiger partial charge in [-0.1, -0.05) is 38.1 Å². The molecule has 6 nitrogen and oxygen atoms in total. The van der Waals surface area contributed by atoms with Gasteiger partial charge in [0.25, 0.3) is 27.9 Å². The van der Waals surface area contributed by atoms with Crippen LogP contribution in [0, 0.1) is 0 Å². The molecule has 2 atom stereocenters. The lowest BCUT2D eigenvalue weighted by Gasteiger charge is -2.37. The van der Waals surface area contributed by atoms with Crippen LogP contribution in [0.15, 0.2) is 48.5 Å². The fraction of sp³-hybridized carbons (Fsp3) is 0.478. The second-order valence-corrected chi connectivity index (χ2v) is 19.4. The zero-order valence-electron chi connectivity index (χ0n) is 20.9. The van der Waals surface area contributed by atoms with Crippen molar-refractivity contribution in [2.75, 3.05) is 13.7 Å². The molecule has 1 aliphatic heterocycles. The zero-order valence-corrected chi connectivity index (χ0v) is 25.4. The van der Waals surface area contributed by atoms with Gasteiger partial charge < -0.3 is 25.9 Å². The van der Waals surface area contributed by atoms with E-state index in [1.807, 2.05) is 12.1 Å². The van der Waals surface area contributed by atoms with Gasteiger partial charge in [0.15, 0.2) is 0 Å². The van der Waals surface area contributed by atoms with E-state index in [0.717, 1.165) is 24.0 Å². The van der Waals surface area contributed by atoms with Crippen molar-refractivity contribution < 1.29 is 25.9 Å². The van der Waals surface area contributed by atoms with Gasteiger partial charge in [-0.05, 0) is 74.0 Å². The number of methoxy groups -OCH3 is 1. The van der Waals surface area contributed by atoms with Crippen LogP contribution >= 0.6 is 0 Å². The van der Waals surface area contributed by atoms with Crippen LogP contribution in [-0.2, 0) is 21.9 Å². The molecule has 10 heteroatoms. The third-order valence-corrected chi connectivity index (χ3v) is 20.1. The maximum absolute atomic E-state index is 6.34. The number of benzene rings is 2. The Hall–Kier alpha value is -1.25. The Labute approximate surface area is 204 Å². The lowest BCUT2D eigenvalue weighted by molar-refractivity contribution is 0.266. The smallest absolute Gasteiger partial charge is 0.317 e. The second kappa shape index (κ2) is 11.5. The summed E-state index contributed by atoms with van der Waals surface area (Å²) >= 11 is 0. The van der Waals surface area contributed by atoms with E-state index in [9.17, 15) is 0 Å². The molecule has 182 valence electrons. The second-order valence-electron chi connectivity index (χ2n) is 9.17. The average Bonchev–Trinajstić information content (AvgIpc) is 2.75. The number of hydrogen-bond donors (Lipinski definition) is 0. The van der Waals surface area contributed by atoms with Crippen molar-refractivity contribution in [2.45, 2.75) is 57.9 Å². The minimum Gasteiger partial charge on any atom is -0.497 e. The molecule has 33 heavy (non-hydrogen) atoms. The summed E-state index contributed by atoms with van der Waals surface area (Å²) in [7, 11) is -5.58. The molecule has 3 rings (SSSR count). The molecule has 0 N–H and O–H groups in total. The van der Waals surface area contributed by atoms with E-state index in [1.165, 1.54) is 11.1 Å². The lowest BCUT2D eigenvalue weighted by atomic mass is 9.78. The van der Waals surface area contributed by atoms with Gasteiger partial charge in [-0.3, -0.25) is 0 Å². The standard InChI is InChI=1S/C23H38O6Si4/c1-23(2,19-9-13-21(24-3)14-10-19)20-11-15-22(16-12-20)25-17-8-18-33(7)28-31(5)26-30(4)27-32(6)29-33/h9-16,30-32H,8,17-18H2,1-7H3. The molecule has 1 fully saturated rings. The number of ether oxygens (including phenoxy) is 2. The van der Waals surface area contributed by atoms with Crippen LogP contribution in [0.5, 0.6) is 11.5 Å². The molecule has 1 aliphatic rings. The van der Waals surface area contributed by atoms with E-state index < -0.39 is 36.4 Å². The van der Waals surface area contributed by atoms with E-state index >= 15 is 0 Å². The van der Waals surface area contributed by atoms with Gasteiger partial charge in [-0.2, -0.15) is 0 Å². The van der Waals surface area contributed by atoms with Crippen molar-refractivity contribution in [3.8, 4) is 11.5 Å². The van der Waals surface area contributed by atoms with Crippen molar-refractivity contribution in [1.82, 2.24) is 0 Å². The summed E-state index contributed by atoms with van der Waals surface area (Å²) in [5.74, 6) is 1.75. The van der Waals surface area contributed by atoms with E-state index in [4.69, 9.17) is 25.9 Å². The molecule has 2 aromatic carbocycles. The number of hydrogen-bond acceptors (Lipinski definition) is 6. The van der Waals surface area contributed by atoms with Crippen molar-refractivity contribution in [3.05, 3.63) is 59.7 Å². The van der Waals surface area contributed by atoms with Crippen LogP contribution < -0.4 is 9.47 Å². The molecule has 2 aromatic rings. The van der Waals surface area contributed by atoms with Crippen molar-refractivity contribution >= 4 is 36.4 Å². The quantitative estimate of drug-likeness (QED) is 0.376. The average molecular weight is 523 g/mol. The Morgan fingerprint density at radius 2 is 1.27 bits per heavy atom. The van der Waals surface area contributed by atoms with Crippen LogP contribution in [0.25, 0.3) is 0 Å². The third kappa shape index (κ3) is 7.36. The first-order chi connectivity index (χ1) is 15.6. The highest BCUT2D eigenvalue weighted by Gasteiger charge is 2.39. The highest BCUT2D eigenvalue weighted by atomic mass is 28.5. The maximum Gasteiger partial charge on any atom is 0.317 e. The summed E-state index contributed by atoms with van der Waals surface area (Å²) in [6.07, 6.45) is 0.886. The SMILES string of the molecule is COc1ccc(C(C)(C)c2ccc(OCCC[Si]3(C)O[SiH](C)O[SiH](C)O[SiH](C)O3)cc2)cc1. The highest BCUT2D eigenvalue weighted by Crippen LogP contribution is 2.33. The van der Waals surface area contributed by atoms with Gasteiger partial charge in [0.05, 0.1) is 13.7 Å². The molecule has 0 spiro atoms. The van der Waals surface area contributed by atoms with E-state index in [-0.39, 0.29) is 5.41 Å². The van der Waals surface area contributed by atoms with Crippen LogP contribution in [0.1, 0.15) is 31.4 Å². The van der Waals surface area contributed by atoms with Gasteiger partial charge >= 0.3 is 8.56 Å². The molecular formula is C23H38O6Si4. The molecular weight excluding hydrogens is 485 g/mol. The summed E-state index contributed by atoms with van der Waals surface area (Å²) in [6.45, 7) is 13.4. The van der Waals surface area contributed by atoms with Gasteiger partial charge in [0.2, 0.25) is 0 Å². The van der Waals surface area contributed by atoms with Crippen LogP contribution in [0.2, 0.25) is 32.2 Å². The zero-order chi connectivity index (χ0) is 24.1. The molecule has 1 saturated heterocycles. The van der Waals surface area contributed by atoms with Crippen molar-refractivity contribution in [2.24, 2.45) is 0 Å². The fourth-order valence-electron chi connectivity index (χ4n) is 4.20. The van der Waals surface area contributed by atoms with E-state index in [1.54, 1.807) is 7.11 Å². The molecule has 0 amide bonds. The Kier molecular flexibility index (Phi) is 9.14. The first-order valence-electron chi connectivity index (χ1n) is 11.7. The summed E-state index contributed by atoms with van der Waals surface area (Å²) in [6, 6.07) is 17.6. The Morgan fingerprint density at radius 3 is 1.76 bits per heavy atom. The molecule has 0 saturated carbocycles. The summed E-state index contributed by atoms with van der Waals surface area (Å²) in [4.78, 5) is 0. The largest absolute Gasteiger partial charge is 0.497 e. The first-order valence-corrected chi connectivity index (χ1v) is 20.5. The van der Waals surface area contributed by atoms with Crippen molar-refractivity contribution in [1.29, 1.82) is 0 Å². The molecule has 1 heterocycles. The minimum atomic E-state index is -2.28. The normalized spacial score (nSPS) is 26.3. The fourth-order valence-corrected chi connectivity index (χ4v) is 18.9. The predicted molar refractivity (Wildman–Crippen MR) is 141 cm³/mol. The monoisotopic (exact) mass is 522 g/mol. The van der Waals surface area contributed by atoms with Gasteiger partial charge in [-0.25, -0.2) is 0 Å². The molecule has 0 aromatic heterocycles. The van der Waals surface area contributed by atoms with Crippen LogP contribution in [0.4, 0.5) is 0 Å². The summed E-state index contributed by atoms with van der Waals surface area (Å²) in [5.41, 5.74) is 2.38. The first kappa shape index (κ1) is 26.4. The number of rotatable bonds is 8. The molecule has 0 radical (unpaired) electrons. The lowest BCUT2D eigenvalue weighted by Crippen LogP contribution is -2.53. The minimum absolute atomic E-state index is 0.108. The van der Waals surface area contributed by atoms with Gasteiger partial charge in [0, 0.05) is 5.41 Å². The Morgan fingerprint density at radius 1 is 0.788 bits per heavy atom. The molecule has 0 aliphatic carbocycles. The summed E-state index contributed by atoms with van der Waals surface area (Å²) < 4.78 is 36.0. The topological polar surface area (TPSA) is 55.4 Å². The van der Waals surface area contributed by atoms with Crippen LogP contribution in [0.3, 0.4) is 0 Å². The van der Waals surface area contributed by atoms with Crippen LogP contribution in [-0.4, -0.2) is 50.1 Å². The third-order valence-electron chi connectivity index (χ3n) is 6.03. The van der Waals surface area contributed by atoms with Gasteiger partial charge in [0.1, 0.15) is 11.5 Å². The van der Waals surface area contributed by atoms with Gasteiger partial charge in [-0.15, -0.1) is 0 Å². The van der Waals surface area contributed by atoms with Crippen molar-refractivity contribution in [3.63, 3.8) is 0 Å². The maximum atomic E-state index is 6.34. The predicted octanol–water partition coefficient (Wildman–Crippen LogP) is 4.49. The highest BCUT2D eigenvalue weighted by molar-refractivity contribution is 6.81. The summed E-state index contributed by atoms with van der Waals surface area (Å²) in [5, 5.41) is 0. The van der Waals surface area contributed by atoms with E-state index in [2.05, 4.69) is 76.4 Å². The molecule has 0 bridgehead atoms. The molecule has 2 unspecified atom stereocenters. The Balaban J connectivity index is 1.53. The Bertz CT molecular complexity index is 864.